The standard InChI is InChI=1S/C16H24N2OS/c1-3-11-18(12-13-9-10-13)16(20)17-14-7-5-6-8-15(14)19-4-2/h5-8,13H,3-4,9-12H2,1-2H3,(H,17,20). The summed E-state index contributed by atoms with van der Waals surface area (Å²) in [6.45, 7) is 6.93. The van der Waals surface area contributed by atoms with Crippen molar-refractivity contribution in [1.29, 1.82) is 0 Å². The summed E-state index contributed by atoms with van der Waals surface area (Å²) in [7, 11) is 0. The fourth-order valence-electron chi connectivity index (χ4n) is 2.20. The van der Waals surface area contributed by atoms with Gasteiger partial charge in [-0.1, -0.05) is 19.1 Å². The molecule has 1 aromatic carbocycles. The number of ether oxygens (including phenoxy) is 1. The van der Waals surface area contributed by atoms with Crippen LogP contribution in [0.15, 0.2) is 24.3 Å². The van der Waals surface area contributed by atoms with E-state index in [0.29, 0.717) is 6.61 Å². The number of benzene rings is 1. The van der Waals surface area contributed by atoms with Gasteiger partial charge in [0, 0.05) is 13.1 Å². The van der Waals surface area contributed by atoms with E-state index in [4.69, 9.17) is 17.0 Å². The first kappa shape index (κ1) is 15.1. The van der Waals surface area contributed by atoms with Crippen LogP contribution in [0.4, 0.5) is 5.69 Å². The smallest absolute Gasteiger partial charge is 0.173 e. The molecule has 0 atom stereocenters. The van der Waals surface area contributed by atoms with Gasteiger partial charge in [0.25, 0.3) is 0 Å². The quantitative estimate of drug-likeness (QED) is 0.770. The molecule has 0 saturated heterocycles. The molecule has 1 aromatic rings. The van der Waals surface area contributed by atoms with Gasteiger partial charge < -0.3 is 15.0 Å². The molecule has 110 valence electrons. The lowest BCUT2D eigenvalue weighted by molar-refractivity contribution is 0.342. The first-order chi connectivity index (χ1) is 9.74. The van der Waals surface area contributed by atoms with Gasteiger partial charge >= 0.3 is 0 Å². The van der Waals surface area contributed by atoms with E-state index in [0.717, 1.165) is 42.0 Å². The van der Waals surface area contributed by atoms with Crippen molar-refractivity contribution in [3.8, 4) is 5.75 Å². The SMILES string of the molecule is CCCN(CC1CC1)C(=S)Nc1ccccc1OCC. The van der Waals surface area contributed by atoms with Crippen molar-refractivity contribution in [1.82, 2.24) is 4.90 Å². The number of hydrogen-bond acceptors (Lipinski definition) is 2. The van der Waals surface area contributed by atoms with Gasteiger partial charge in [-0.05, 0) is 56.5 Å². The minimum atomic E-state index is 0.659. The number of hydrogen-bond donors (Lipinski definition) is 1. The van der Waals surface area contributed by atoms with Gasteiger partial charge in [-0.15, -0.1) is 0 Å². The summed E-state index contributed by atoms with van der Waals surface area (Å²) >= 11 is 5.57. The average Bonchev–Trinajstić information content (AvgIpc) is 3.25. The second-order valence-corrected chi connectivity index (χ2v) is 5.64. The first-order valence-corrected chi connectivity index (χ1v) is 7.93. The molecule has 0 radical (unpaired) electrons. The average molecular weight is 292 g/mol. The Bertz CT molecular complexity index is 446. The highest BCUT2D eigenvalue weighted by Gasteiger charge is 2.25. The van der Waals surface area contributed by atoms with E-state index < -0.39 is 0 Å². The highest BCUT2D eigenvalue weighted by atomic mass is 32.1. The lowest BCUT2D eigenvalue weighted by Gasteiger charge is -2.26. The molecule has 0 aliphatic heterocycles. The van der Waals surface area contributed by atoms with Crippen LogP contribution in [0.5, 0.6) is 5.75 Å². The van der Waals surface area contributed by atoms with Gasteiger partial charge in [0.05, 0.1) is 12.3 Å². The van der Waals surface area contributed by atoms with Crippen molar-refractivity contribution in [2.45, 2.75) is 33.1 Å². The molecular formula is C16H24N2OS. The van der Waals surface area contributed by atoms with Crippen LogP contribution >= 0.6 is 12.2 Å². The third-order valence-electron chi connectivity index (χ3n) is 3.38. The molecule has 1 N–H and O–H groups in total. The highest BCUT2D eigenvalue weighted by Crippen LogP contribution is 2.30. The number of nitrogens with one attached hydrogen (secondary N) is 1. The summed E-state index contributed by atoms with van der Waals surface area (Å²) in [5.74, 6) is 1.70. The zero-order chi connectivity index (χ0) is 14.4. The zero-order valence-corrected chi connectivity index (χ0v) is 13.2. The Morgan fingerprint density at radius 3 is 2.75 bits per heavy atom. The normalized spacial score (nSPS) is 13.9. The molecule has 1 aliphatic carbocycles. The van der Waals surface area contributed by atoms with Crippen LogP contribution in [0, 0.1) is 5.92 Å². The number of thiocarbonyl (C=S) groups is 1. The number of anilines is 1. The predicted molar refractivity (Wildman–Crippen MR) is 88.4 cm³/mol. The topological polar surface area (TPSA) is 24.5 Å². The Morgan fingerprint density at radius 2 is 2.10 bits per heavy atom. The second kappa shape index (κ2) is 7.48. The lowest BCUT2D eigenvalue weighted by atomic mass is 10.3. The van der Waals surface area contributed by atoms with Crippen molar-refractivity contribution >= 4 is 23.0 Å². The van der Waals surface area contributed by atoms with Crippen molar-refractivity contribution in [3.63, 3.8) is 0 Å². The van der Waals surface area contributed by atoms with E-state index in [1.54, 1.807) is 0 Å². The highest BCUT2D eigenvalue weighted by molar-refractivity contribution is 7.80. The van der Waals surface area contributed by atoms with Crippen LogP contribution in [-0.4, -0.2) is 29.7 Å². The fourth-order valence-corrected chi connectivity index (χ4v) is 2.48. The summed E-state index contributed by atoms with van der Waals surface area (Å²) < 4.78 is 5.63. The molecule has 20 heavy (non-hydrogen) atoms. The molecule has 0 spiro atoms. The summed E-state index contributed by atoms with van der Waals surface area (Å²) in [4.78, 5) is 2.29. The molecule has 1 fully saturated rings. The van der Waals surface area contributed by atoms with E-state index in [-0.39, 0.29) is 0 Å². The number of para-hydroxylation sites is 2. The van der Waals surface area contributed by atoms with Crippen LogP contribution in [0.25, 0.3) is 0 Å². The lowest BCUT2D eigenvalue weighted by Crippen LogP contribution is -2.37. The molecule has 1 saturated carbocycles. The Balaban J connectivity index is 2.00. The third-order valence-corrected chi connectivity index (χ3v) is 3.75. The summed E-state index contributed by atoms with van der Waals surface area (Å²) in [5, 5.41) is 4.16. The third kappa shape index (κ3) is 4.37. The maximum atomic E-state index is 5.63. The van der Waals surface area contributed by atoms with E-state index in [1.165, 1.54) is 12.8 Å². The Morgan fingerprint density at radius 1 is 1.35 bits per heavy atom. The van der Waals surface area contributed by atoms with E-state index in [1.807, 2.05) is 31.2 Å². The largest absolute Gasteiger partial charge is 0.492 e. The molecule has 3 nitrogen and oxygen atoms in total. The minimum Gasteiger partial charge on any atom is -0.492 e. The predicted octanol–water partition coefficient (Wildman–Crippen LogP) is 3.90. The zero-order valence-electron chi connectivity index (χ0n) is 12.4. The summed E-state index contributed by atoms with van der Waals surface area (Å²) in [6, 6.07) is 7.96. The van der Waals surface area contributed by atoms with Crippen LogP contribution in [-0.2, 0) is 0 Å². The molecule has 0 aromatic heterocycles. The molecule has 0 heterocycles. The van der Waals surface area contributed by atoms with E-state index in [2.05, 4.69) is 17.1 Å². The van der Waals surface area contributed by atoms with Crippen molar-refractivity contribution < 1.29 is 4.74 Å². The number of nitrogens with zero attached hydrogens (tertiary/aromatic N) is 1. The first-order valence-electron chi connectivity index (χ1n) is 7.52. The minimum absolute atomic E-state index is 0.659. The molecule has 4 heteroatoms. The molecule has 0 bridgehead atoms. The Hall–Kier alpha value is -1.29. The Kier molecular flexibility index (Phi) is 5.65. The number of rotatable bonds is 7. The van der Waals surface area contributed by atoms with Crippen LogP contribution in [0.3, 0.4) is 0 Å². The van der Waals surface area contributed by atoms with Gasteiger partial charge in [-0.2, -0.15) is 0 Å². The van der Waals surface area contributed by atoms with E-state index in [9.17, 15) is 0 Å². The maximum absolute atomic E-state index is 5.63. The summed E-state index contributed by atoms with van der Waals surface area (Å²) in [5.41, 5.74) is 0.955. The maximum Gasteiger partial charge on any atom is 0.173 e. The molecular weight excluding hydrogens is 268 g/mol. The second-order valence-electron chi connectivity index (χ2n) is 5.25. The van der Waals surface area contributed by atoms with Gasteiger partial charge in [-0.25, -0.2) is 0 Å². The van der Waals surface area contributed by atoms with Gasteiger partial charge in [0.1, 0.15) is 5.75 Å². The van der Waals surface area contributed by atoms with Crippen molar-refractivity contribution in [3.05, 3.63) is 24.3 Å². The summed E-state index contributed by atoms with van der Waals surface area (Å²) in [6.07, 6.45) is 3.80. The van der Waals surface area contributed by atoms with Crippen molar-refractivity contribution in [2.24, 2.45) is 5.92 Å². The van der Waals surface area contributed by atoms with Crippen LogP contribution in [0.1, 0.15) is 33.1 Å². The van der Waals surface area contributed by atoms with Gasteiger partial charge in [0.2, 0.25) is 0 Å². The van der Waals surface area contributed by atoms with Crippen LogP contribution < -0.4 is 10.1 Å². The monoisotopic (exact) mass is 292 g/mol. The molecule has 0 amide bonds. The van der Waals surface area contributed by atoms with Gasteiger partial charge in [0.15, 0.2) is 5.11 Å². The molecule has 1 aliphatic rings. The van der Waals surface area contributed by atoms with Crippen LogP contribution in [0.2, 0.25) is 0 Å². The van der Waals surface area contributed by atoms with Gasteiger partial charge in [-0.3, -0.25) is 0 Å². The van der Waals surface area contributed by atoms with Crippen molar-refractivity contribution in [2.75, 3.05) is 25.0 Å². The van der Waals surface area contributed by atoms with E-state index >= 15 is 0 Å². The fraction of sp³-hybridized carbons (Fsp3) is 0.562. The molecule has 2 rings (SSSR count). The molecule has 0 unspecified atom stereocenters. The Labute approximate surface area is 127 Å².